The van der Waals surface area contributed by atoms with E-state index in [1.54, 1.807) is 0 Å². The minimum atomic E-state index is -0.0470. The molecule has 1 fully saturated rings. The van der Waals surface area contributed by atoms with Crippen LogP contribution < -0.4 is 0 Å². The number of hydrogen-bond acceptors (Lipinski definition) is 4. The summed E-state index contributed by atoms with van der Waals surface area (Å²) in [5.74, 6) is 1.56. The number of unbranched alkanes of at least 4 members (excludes halogenated alkanes) is 24. The van der Waals surface area contributed by atoms with E-state index in [0.717, 1.165) is 63.2 Å². The summed E-state index contributed by atoms with van der Waals surface area (Å²) < 4.78 is 11.2. The molecule has 48 heavy (non-hydrogen) atoms. The zero-order valence-corrected chi connectivity index (χ0v) is 33.0. The molecule has 0 saturated heterocycles. The fourth-order valence-corrected chi connectivity index (χ4v) is 7.34. The van der Waals surface area contributed by atoms with E-state index in [1.807, 2.05) is 0 Å². The van der Waals surface area contributed by atoms with Crippen molar-refractivity contribution >= 4 is 11.9 Å². The van der Waals surface area contributed by atoms with Gasteiger partial charge in [-0.3, -0.25) is 9.59 Å². The monoisotopic (exact) mass is 677 g/mol. The average Bonchev–Trinajstić information content (AvgIpc) is 3.07. The molecule has 0 aromatic rings. The summed E-state index contributed by atoms with van der Waals surface area (Å²) in [6, 6.07) is 0. The fourth-order valence-electron chi connectivity index (χ4n) is 7.34. The van der Waals surface area contributed by atoms with E-state index in [2.05, 4.69) is 27.7 Å². The number of hydrogen-bond donors (Lipinski definition) is 0. The van der Waals surface area contributed by atoms with Crippen molar-refractivity contribution in [1.82, 2.24) is 0 Å². The number of rotatable bonds is 34. The van der Waals surface area contributed by atoms with Gasteiger partial charge in [0.15, 0.2) is 0 Å². The van der Waals surface area contributed by atoms with Crippen LogP contribution in [0.15, 0.2) is 0 Å². The van der Waals surface area contributed by atoms with Crippen LogP contribution in [0.5, 0.6) is 0 Å². The van der Waals surface area contributed by atoms with Crippen LogP contribution in [-0.4, -0.2) is 25.2 Å². The molecule has 0 unspecified atom stereocenters. The van der Waals surface area contributed by atoms with Crippen LogP contribution in [0.4, 0.5) is 0 Å². The summed E-state index contributed by atoms with van der Waals surface area (Å²) in [6.07, 6.45) is 40.4. The predicted molar refractivity (Wildman–Crippen MR) is 206 cm³/mol. The van der Waals surface area contributed by atoms with Crippen molar-refractivity contribution in [2.75, 3.05) is 13.2 Å². The molecule has 0 radical (unpaired) electrons. The molecule has 0 heterocycles. The van der Waals surface area contributed by atoms with Crippen molar-refractivity contribution in [3.8, 4) is 0 Å². The standard InChI is InChI=1S/C44H84O4/c1-39(2)31-27-23-19-15-11-7-5-9-13-17-21-25-29-37-47-43(45)41-33-35-42(36-34-41)44(46)48-38-30-26-22-18-14-10-6-8-12-16-20-24-28-32-40(3)4/h39-42H,5-38H2,1-4H3. The Morgan fingerprint density at radius 1 is 0.375 bits per heavy atom. The quantitative estimate of drug-likeness (QED) is 0.0503. The van der Waals surface area contributed by atoms with Crippen molar-refractivity contribution in [2.24, 2.45) is 23.7 Å². The summed E-state index contributed by atoms with van der Waals surface area (Å²) >= 11 is 0. The average molecular weight is 677 g/mol. The van der Waals surface area contributed by atoms with Gasteiger partial charge in [0.2, 0.25) is 0 Å². The maximum absolute atomic E-state index is 12.5. The lowest BCUT2D eigenvalue weighted by Gasteiger charge is -2.26. The first-order chi connectivity index (χ1) is 23.4. The Bertz CT molecular complexity index is 649. The van der Waals surface area contributed by atoms with Gasteiger partial charge in [-0.05, 0) is 50.4 Å². The Kier molecular flexibility index (Phi) is 31.0. The zero-order valence-electron chi connectivity index (χ0n) is 33.0. The molecule has 0 bridgehead atoms. The van der Waals surface area contributed by atoms with Crippen molar-refractivity contribution < 1.29 is 19.1 Å². The normalized spacial score (nSPS) is 16.5. The van der Waals surface area contributed by atoms with Crippen molar-refractivity contribution in [3.63, 3.8) is 0 Å². The summed E-state index contributed by atoms with van der Waals surface area (Å²) in [5, 5.41) is 0. The molecule has 1 aliphatic rings. The van der Waals surface area contributed by atoms with Gasteiger partial charge in [0.25, 0.3) is 0 Å². The van der Waals surface area contributed by atoms with Gasteiger partial charge in [0.1, 0.15) is 0 Å². The summed E-state index contributed by atoms with van der Waals surface area (Å²) in [4.78, 5) is 25.1. The summed E-state index contributed by atoms with van der Waals surface area (Å²) in [7, 11) is 0. The molecule has 0 amide bonds. The highest BCUT2D eigenvalue weighted by molar-refractivity contribution is 5.75. The first kappa shape index (κ1) is 45.0. The molecule has 0 aliphatic heterocycles. The largest absolute Gasteiger partial charge is 0.465 e. The SMILES string of the molecule is CC(C)CCCCCCCCCCCCCCCOC(=O)C1CCC(C(=O)OCCCCCCCCCCCCCCCC(C)C)CC1. The minimum Gasteiger partial charge on any atom is -0.465 e. The highest BCUT2D eigenvalue weighted by atomic mass is 16.5. The summed E-state index contributed by atoms with van der Waals surface area (Å²) in [6.45, 7) is 10.4. The van der Waals surface area contributed by atoms with Crippen molar-refractivity contribution in [2.45, 2.75) is 233 Å². The third-order valence-corrected chi connectivity index (χ3v) is 10.7. The molecule has 1 rings (SSSR count). The maximum Gasteiger partial charge on any atom is 0.308 e. The Morgan fingerprint density at radius 2 is 0.583 bits per heavy atom. The Hall–Kier alpha value is -1.06. The highest BCUT2D eigenvalue weighted by Gasteiger charge is 2.31. The lowest BCUT2D eigenvalue weighted by Crippen LogP contribution is -2.28. The molecular formula is C44H84O4. The van der Waals surface area contributed by atoms with E-state index in [4.69, 9.17) is 9.47 Å². The van der Waals surface area contributed by atoms with E-state index in [0.29, 0.717) is 13.2 Å². The van der Waals surface area contributed by atoms with Gasteiger partial charge in [-0.1, -0.05) is 195 Å². The van der Waals surface area contributed by atoms with E-state index < -0.39 is 0 Å². The second-order valence-electron chi connectivity index (χ2n) is 16.4. The second-order valence-corrected chi connectivity index (χ2v) is 16.4. The van der Waals surface area contributed by atoms with Gasteiger partial charge in [0, 0.05) is 0 Å². The van der Waals surface area contributed by atoms with Crippen LogP contribution >= 0.6 is 0 Å². The van der Waals surface area contributed by atoms with Gasteiger partial charge < -0.3 is 9.47 Å². The Balaban J connectivity index is 1.84. The number of carbonyl (C=O) groups excluding carboxylic acids is 2. The van der Waals surface area contributed by atoms with Gasteiger partial charge >= 0.3 is 11.9 Å². The molecule has 1 saturated carbocycles. The van der Waals surface area contributed by atoms with Crippen LogP contribution in [0.1, 0.15) is 233 Å². The van der Waals surface area contributed by atoms with E-state index in [-0.39, 0.29) is 23.8 Å². The molecular weight excluding hydrogens is 592 g/mol. The molecule has 1 aliphatic carbocycles. The molecule has 0 spiro atoms. The zero-order chi connectivity index (χ0) is 34.9. The molecule has 4 nitrogen and oxygen atoms in total. The third-order valence-electron chi connectivity index (χ3n) is 10.7. The topological polar surface area (TPSA) is 52.6 Å². The highest BCUT2D eigenvalue weighted by Crippen LogP contribution is 2.30. The number of ether oxygens (including phenoxy) is 2. The number of carbonyl (C=O) groups is 2. The second kappa shape index (κ2) is 33.1. The van der Waals surface area contributed by atoms with Crippen LogP contribution in [0, 0.1) is 23.7 Å². The Labute approximate surface area is 300 Å². The van der Waals surface area contributed by atoms with Crippen LogP contribution in [0.3, 0.4) is 0 Å². The fraction of sp³-hybridized carbons (Fsp3) is 0.955. The first-order valence-electron chi connectivity index (χ1n) is 21.7. The van der Waals surface area contributed by atoms with Gasteiger partial charge in [-0.15, -0.1) is 0 Å². The van der Waals surface area contributed by atoms with Crippen LogP contribution in [0.2, 0.25) is 0 Å². The van der Waals surface area contributed by atoms with E-state index in [1.165, 1.54) is 154 Å². The molecule has 284 valence electrons. The summed E-state index contributed by atoms with van der Waals surface area (Å²) in [5.41, 5.74) is 0. The molecule has 4 heteroatoms. The molecule has 0 aromatic heterocycles. The maximum atomic E-state index is 12.5. The molecule has 0 N–H and O–H groups in total. The van der Waals surface area contributed by atoms with Crippen molar-refractivity contribution in [1.29, 1.82) is 0 Å². The smallest absolute Gasteiger partial charge is 0.308 e. The van der Waals surface area contributed by atoms with E-state index >= 15 is 0 Å². The lowest BCUT2D eigenvalue weighted by atomic mass is 9.82. The van der Waals surface area contributed by atoms with Gasteiger partial charge in [-0.25, -0.2) is 0 Å². The number of esters is 2. The van der Waals surface area contributed by atoms with Gasteiger partial charge in [0.05, 0.1) is 25.0 Å². The van der Waals surface area contributed by atoms with Crippen LogP contribution in [0.25, 0.3) is 0 Å². The van der Waals surface area contributed by atoms with Crippen LogP contribution in [-0.2, 0) is 19.1 Å². The van der Waals surface area contributed by atoms with E-state index in [9.17, 15) is 9.59 Å². The Morgan fingerprint density at radius 3 is 0.812 bits per heavy atom. The van der Waals surface area contributed by atoms with Crippen molar-refractivity contribution in [3.05, 3.63) is 0 Å². The van der Waals surface area contributed by atoms with Gasteiger partial charge in [-0.2, -0.15) is 0 Å². The molecule has 0 aromatic carbocycles. The predicted octanol–water partition coefficient (Wildman–Crippen LogP) is 14.1. The third kappa shape index (κ3) is 28.7. The lowest BCUT2D eigenvalue weighted by molar-refractivity contribution is -0.155. The minimum absolute atomic E-state index is 0.0337. The first-order valence-corrected chi connectivity index (χ1v) is 21.7. The molecule has 0 atom stereocenters.